The van der Waals surface area contributed by atoms with Crippen molar-refractivity contribution in [3.05, 3.63) is 35.3 Å². The van der Waals surface area contributed by atoms with Gasteiger partial charge in [0, 0.05) is 10.9 Å². The van der Waals surface area contributed by atoms with Gasteiger partial charge in [-0.2, -0.15) is 0 Å². The Kier molecular flexibility index (Phi) is 4.13. The number of rotatable bonds is 5. The number of hydrogen-bond donors (Lipinski definition) is 2. The highest BCUT2D eigenvalue weighted by molar-refractivity contribution is 7.13. The Hall–Kier alpha value is -1.92. The number of aromatic nitrogens is 1. The molecule has 0 aliphatic rings. The second-order valence-electron chi connectivity index (χ2n) is 3.85. The van der Waals surface area contributed by atoms with E-state index in [-0.39, 0.29) is 0 Å². The van der Waals surface area contributed by atoms with Gasteiger partial charge in [-0.3, -0.25) is 4.79 Å². The summed E-state index contributed by atoms with van der Waals surface area (Å²) in [7, 11) is 0. The molecule has 1 atom stereocenters. The zero-order chi connectivity index (χ0) is 13.8. The van der Waals surface area contributed by atoms with Gasteiger partial charge in [-0.15, -0.1) is 11.3 Å². The van der Waals surface area contributed by atoms with Crippen LogP contribution in [-0.2, 0) is 4.79 Å². The van der Waals surface area contributed by atoms with Crippen LogP contribution in [0.2, 0.25) is 0 Å². The van der Waals surface area contributed by atoms with Crippen LogP contribution in [0, 0.1) is 0 Å². The fourth-order valence-corrected chi connectivity index (χ4v) is 2.43. The Morgan fingerprint density at radius 2 is 2.37 bits per heavy atom. The van der Waals surface area contributed by atoms with Gasteiger partial charge in [-0.25, -0.2) is 4.98 Å². The van der Waals surface area contributed by atoms with E-state index >= 15 is 0 Å². The Balaban J connectivity index is 2.27. The summed E-state index contributed by atoms with van der Waals surface area (Å²) in [4.78, 5) is 15.1. The number of thiazole rings is 1. The summed E-state index contributed by atoms with van der Waals surface area (Å²) >= 11 is 1.37. The second-order valence-corrected chi connectivity index (χ2v) is 4.71. The molecule has 0 aliphatic heterocycles. The molecule has 0 fully saturated rings. The summed E-state index contributed by atoms with van der Waals surface area (Å²) in [5, 5.41) is 11.2. The second kappa shape index (κ2) is 5.81. The lowest BCUT2D eigenvalue weighted by atomic mass is 10.2. The van der Waals surface area contributed by atoms with E-state index in [1.165, 1.54) is 11.3 Å². The number of carboxylic acid groups (broad SMARTS) is 1. The number of carbonyl (C=O) groups is 1. The first-order valence-corrected chi connectivity index (χ1v) is 6.67. The monoisotopic (exact) mass is 278 g/mol. The molecule has 2 rings (SSSR count). The molecule has 2 aromatic rings. The van der Waals surface area contributed by atoms with Gasteiger partial charge in [-0.05, 0) is 19.1 Å². The van der Waals surface area contributed by atoms with E-state index in [2.05, 4.69) is 4.98 Å². The summed E-state index contributed by atoms with van der Waals surface area (Å²) in [5.41, 5.74) is 6.79. The molecule has 100 valence electrons. The molecule has 0 spiro atoms. The van der Waals surface area contributed by atoms with Crippen molar-refractivity contribution in [3.63, 3.8) is 0 Å². The molecule has 0 radical (unpaired) electrons. The molecule has 0 bridgehead atoms. The van der Waals surface area contributed by atoms with Gasteiger partial charge in [0.25, 0.3) is 0 Å². The van der Waals surface area contributed by atoms with Crippen molar-refractivity contribution in [2.45, 2.75) is 13.0 Å². The molecule has 1 aromatic heterocycles. The van der Waals surface area contributed by atoms with Gasteiger partial charge in [0.15, 0.2) is 0 Å². The molecule has 0 saturated carbocycles. The van der Waals surface area contributed by atoms with Crippen molar-refractivity contribution in [1.29, 1.82) is 0 Å². The molecule has 1 aromatic carbocycles. The lowest BCUT2D eigenvalue weighted by Crippen LogP contribution is -2.20. The van der Waals surface area contributed by atoms with Crippen LogP contribution in [0.25, 0.3) is 10.6 Å². The van der Waals surface area contributed by atoms with E-state index in [1.54, 1.807) is 5.38 Å². The summed E-state index contributed by atoms with van der Waals surface area (Å²) in [6.07, 6.45) is 0. The molecular weight excluding hydrogens is 264 g/mol. The van der Waals surface area contributed by atoms with E-state index in [1.807, 2.05) is 31.2 Å². The Morgan fingerprint density at radius 3 is 3.05 bits per heavy atom. The first-order valence-electron chi connectivity index (χ1n) is 5.79. The normalized spacial score (nSPS) is 12.1. The lowest BCUT2D eigenvalue weighted by molar-refractivity contribution is -0.138. The third kappa shape index (κ3) is 3.10. The fourth-order valence-electron chi connectivity index (χ4n) is 1.57. The van der Waals surface area contributed by atoms with Crippen LogP contribution in [0.4, 0.5) is 0 Å². The first-order chi connectivity index (χ1) is 9.11. The standard InChI is InChI=1S/C13H14N2O3S/c1-2-18-9-5-3-4-8(6-9)12-15-10(7-19-12)11(14)13(16)17/h3-7,11H,2,14H2,1H3,(H,16,17). The summed E-state index contributed by atoms with van der Waals surface area (Å²) in [6.45, 7) is 2.51. The highest BCUT2D eigenvalue weighted by Gasteiger charge is 2.18. The zero-order valence-electron chi connectivity index (χ0n) is 10.4. The van der Waals surface area contributed by atoms with Crippen LogP contribution in [0.3, 0.4) is 0 Å². The highest BCUT2D eigenvalue weighted by Crippen LogP contribution is 2.28. The van der Waals surface area contributed by atoms with Crippen LogP contribution in [-0.4, -0.2) is 22.7 Å². The largest absolute Gasteiger partial charge is 0.494 e. The topological polar surface area (TPSA) is 85.4 Å². The fraction of sp³-hybridized carbons (Fsp3) is 0.231. The number of benzene rings is 1. The van der Waals surface area contributed by atoms with Crippen molar-refractivity contribution in [3.8, 4) is 16.3 Å². The summed E-state index contributed by atoms with van der Waals surface area (Å²) in [5.74, 6) is -0.320. The first kappa shape index (κ1) is 13.5. The molecule has 6 heteroatoms. The molecule has 5 nitrogen and oxygen atoms in total. The Morgan fingerprint density at radius 1 is 1.58 bits per heavy atom. The van der Waals surface area contributed by atoms with Crippen molar-refractivity contribution < 1.29 is 14.6 Å². The van der Waals surface area contributed by atoms with Gasteiger partial charge >= 0.3 is 5.97 Å². The minimum atomic E-state index is -1.08. The third-order valence-electron chi connectivity index (χ3n) is 2.50. The third-order valence-corrected chi connectivity index (χ3v) is 3.41. The Bertz CT molecular complexity index is 583. The van der Waals surface area contributed by atoms with E-state index in [0.717, 1.165) is 16.3 Å². The van der Waals surface area contributed by atoms with Gasteiger partial charge in [0.2, 0.25) is 0 Å². The maximum absolute atomic E-state index is 10.8. The lowest BCUT2D eigenvalue weighted by Gasteiger charge is -2.04. The summed E-state index contributed by atoms with van der Waals surface area (Å²) in [6, 6.07) is 6.43. The predicted molar refractivity (Wildman–Crippen MR) is 73.3 cm³/mol. The number of aliphatic carboxylic acids is 1. The molecule has 1 heterocycles. The molecule has 0 saturated heterocycles. The quantitative estimate of drug-likeness (QED) is 0.876. The van der Waals surface area contributed by atoms with Crippen LogP contribution in [0.15, 0.2) is 29.6 Å². The average molecular weight is 278 g/mol. The van der Waals surface area contributed by atoms with Crippen LogP contribution >= 0.6 is 11.3 Å². The number of ether oxygens (including phenoxy) is 1. The minimum absolute atomic E-state index is 0.370. The van der Waals surface area contributed by atoms with Crippen LogP contribution < -0.4 is 10.5 Å². The number of nitrogens with zero attached hydrogens (tertiary/aromatic N) is 1. The molecular formula is C13H14N2O3S. The predicted octanol–water partition coefficient (Wildman–Crippen LogP) is 2.29. The van der Waals surface area contributed by atoms with Gasteiger partial charge in [0.1, 0.15) is 16.8 Å². The van der Waals surface area contributed by atoms with Crippen LogP contribution in [0.1, 0.15) is 18.7 Å². The van der Waals surface area contributed by atoms with E-state index in [9.17, 15) is 4.79 Å². The number of hydrogen-bond acceptors (Lipinski definition) is 5. The molecule has 3 N–H and O–H groups in total. The number of carboxylic acids is 1. The molecule has 1 unspecified atom stereocenters. The average Bonchev–Trinajstić information content (AvgIpc) is 2.88. The van der Waals surface area contributed by atoms with Crippen molar-refractivity contribution in [2.75, 3.05) is 6.61 Å². The van der Waals surface area contributed by atoms with Gasteiger partial charge in [0.05, 0.1) is 12.3 Å². The minimum Gasteiger partial charge on any atom is -0.494 e. The van der Waals surface area contributed by atoms with E-state index in [4.69, 9.17) is 15.6 Å². The SMILES string of the molecule is CCOc1cccc(-c2nc(C(N)C(=O)O)cs2)c1. The molecule has 0 aliphatic carbocycles. The van der Waals surface area contributed by atoms with E-state index in [0.29, 0.717) is 12.3 Å². The van der Waals surface area contributed by atoms with E-state index < -0.39 is 12.0 Å². The molecule has 19 heavy (non-hydrogen) atoms. The van der Waals surface area contributed by atoms with Crippen LogP contribution in [0.5, 0.6) is 5.75 Å². The zero-order valence-corrected chi connectivity index (χ0v) is 11.2. The summed E-state index contributed by atoms with van der Waals surface area (Å²) < 4.78 is 5.42. The smallest absolute Gasteiger partial charge is 0.326 e. The van der Waals surface area contributed by atoms with Crippen molar-refractivity contribution in [1.82, 2.24) is 4.98 Å². The maximum atomic E-state index is 10.8. The van der Waals surface area contributed by atoms with Crippen molar-refractivity contribution >= 4 is 17.3 Å². The maximum Gasteiger partial charge on any atom is 0.326 e. The van der Waals surface area contributed by atoms with Gasteiger partial charge in [-0.1, -0.05) is 12.1 Å². The molecule has 0 amide bonds. The van der Waals surface area contributed by atoms with Gasteiger partial charge < -0.3 is 15.6 Å². The number of nitrogens with two attached hydrogens (primary N) is 1. The highest BCUT2D eigenvalue weighted by atomic mass is 32.1. The van der Waals surface area contributed by atoms with Crippen molar-refractivity contribution in [2.24, 2.45) is 5.73 Å². The Labute approximate surface area is 114 Å².